The topological polar surface area (TPSA) is 69.7 Å². The molecule has 0 spiro atoms. The van der Waals surface area contributed by atoms with Crippen LogP contribution >= 0.6 is 11.3 Å². The third kappa shape index (κ3) is 6.01. The molecule has 1 amide bonds. The van der Waals surface area contributed by atoms with E-state index in [9.17, 15) is 13.2 Å². The SMILES string of the molecule is CN(C)C(CNC(=O)C1CCN(S(=O)(=O)/C=C/c2ccccc2)CC1)c1cccs1. The van der Waals surface area contributed by atoms with Crippen molar-refractivity contribution in [3.63, 3.8) is 0 Å². The van der Waals surface area contributed by atoms with Crippen molar-refractivity contribution < 1.29 is 13.2 Å². The van der Waals surface area contributed by atoms with Crippen LogP contribution in [0.5, 0.6) is 0 Å². The molecule has 1 unspecified atom stereocenters. The van der Waals surface area contributed by atoms with Crippen LogP contribution in [-0.4, -0.2) is 57.3 Å². The number of sulfonamides is 1. The number of carbonyl (C=O) groups excluding carboxylic acids is 1. The van der Waals surface area contributed by atoms with E-state index < -0.39 is 10.0 Å². The van der Waals surface area contributed by atoms with Gasteiger partial charge in [0.25, 0.3) is 0 Å². The summed E-state index contributed by atoms with van der Waals surface area (Å²) in [6, 6.07) is 13.6. The molecular formula is C22H29N3O3S2. The van der Waals surface area contributed by atoms with Gasteiger partial charge in [-0.2, -0.15) is 4.31 Å². The normalized spacial score (nSPS) is 17.4. The van der Waals surface area contributed by atoms with Gasteiger partial charge >= 0.3 is 0 Å². The molecular weight excluding hydrogens is 418 g/mol. The number of rotatable bonds is 8. The molecule has 1 N–H and O–H groups in total. The molecule has 2 aromatic rings. The maximum atomic E-state index is 12.7. The molecule has 1 aromatic carbocycles. The van der Waals surface area contributed by atoms with E-state index in [1.54, 1.807) is 17.4 Å². The fourth-order valence-electron chi connectivity index (χ4n) is 3.55. The van der Waals surface area contributed by atoms with Crippen molar-refractivity contribution in [3.05, 3.63) is 63.7 Å². The van der Waals surface area contributed by atoms with Crippen LogP contribution in [0.15, 0.2) is 53.3 Å². The Labute approximate surface area is 183 Å². The number of carbonyl (C=O) groups is 1. The number of nitrogens with zero attached hydrogens (tertiary/aromatic N) is 2. The van der Waals surface area contributed by atoms with Gasteiger partial charge < -0.3 is 10.2 Å². The largest absolute Gasteiger partial charge is 0.354 e. The molecule has 1 aromatic heterocycles. The van der Waals surface area contributed by atoms with Crippen LogP contribution in [-0.2, 0) is 14.8 Å². The van der Waals surface area contributed by atoms with Gasteiger partial charge in [-0.15, -0.1) is 11.3 Å². The smallest absolute Gasteiger partial charge is 0.236 e. The molecule has 0 saturated carbocycles. The summed E-state index contributed by atoms with van der Waals surface area (Å²) in [7, 11) is 0.524. The van der Waals surface area contributed by atoms with Crippen molar-refractivity contribution >= 4 is 33.3 Å². The van der Waals surface area contributed by atoms with Gasteiger partial charge in [-0.05, 0) is 50.0 Å². The summed E-state index contributed by atoms with van der Waals surface area (Å²) in [6.45, 7) is 1.27. The lowest BCUT2D eigenvalue weighted by Crippen LogP contribution is -2.43. The Kier molecular flexibility index (Phi) is 7.82. The van der Waals surface area contributed by atoms with E-state index in [0.717, 1.165) is 5.56 Å². The summed E-state index contributed by atoms with van der Waals surface area (Å²) < 4.78 is 26.6. The Hall–Kier alpha value is -2.00. The van der Waals surface area contributed by atoms with Gasteiger partial charge in [0, 0.05) is 35.8 Å². The monoisotopic (exact) mass is 447 g/mol. The van der Waals surface area contributed by atoms with Gasteiger partial charge in [0.1, 0.15) is 0 Å². The van der Waals surface area contributed by atoms with E-state index >= 15 is 0 Å². The lowest BCUT2D eigenvalue weighted by atomic mass is 9.97. The van der Waals surface area contributed by atoms with Crippen molar-refractivity contribution in [2.24, 2.45) is 5.92 Å². The van der Waals surface area contributed by atoms with Gasteiger partial charge in [-0.3, -0.25) is 4.79 Å². The number of nitrogens with one attached hydrogen (secondary N) is 1. The van der Waals surface area contributed by atoms with Gasteiger partial charge in [-0.1, -0.05) is 36.4 Å². The first kappa shape index (κ1) is 22.7. The molecule has 1 saturated heterocycles. The molecule has 162 valence electrons. The van der Waals surface area contributed by atoms with Crippen molar-refractivity contribution in [2.75, 3.05) is 33.7 Å². The molecule has 3 rings (SSSR count). The molecule has 30 heavy (non-hydrogen) atoms. The average Bonchev–Trinajstić information content (AvgIpc) is 3.27. The highest BCUT2D eigenvalue weighted by atomic mass is 32.2. The molecule has 0 bridgehead atoms. The third-order valence-corrected chi connectivity index (χ3v) is 7.92. The average molecular weight is 448 g/mol. The Balaban J connectivity index is 1.51. The maximum absolute atomic E-state index is 12.7. The second-order valence-corrected chi connectivity index (χ2v) is 10.5. The number of piperidine rings is 1. The first-order chi connectivity index (χ1) is 14.4. The zero-order valence-corrected chi connectivity index (χ0v) is 19.0. The quantitative estimate of drug-likeness (QED) is 0.675. The first-order valence-corrected chi connectivity index (χ1v) is 12.5. The molecule has 6 nitrogen and oxygen atoms in total. The summed E-state index contributed by atoms with van der Waals surface area (Å²) in [6.07, 6.45) is 2.69. The maximum Gasteiger partial charge on any atom is 0.236 e. The van der Waals surface area contributed by atoms with Crippen molar-refractivity contribution in [1.29, 1.82) is 0 Å². The minimum absolute atomic E-state index is 0.00952. The molecule has 1 atom stereocenters. The van der Waals surface area contributed by atoms with Crippen molar-refractivity contribution in [2.45, 2.75) is 18.9 Å². The molecule has 0 aliphatic carbocycles. The van der Waals surface area contributed by atoms with Crippen LogP contribution in [0.1, 0.15) is 29.3 Å². The molecule has 1 fully saturated rings. The van der Waals surface area contributed by atoms with E-state index in [4.69, 9.17) is 0 Å². The molecule has 1 aliphatic heterocycles. The minimum Gasteiger partial charge on any atom is -0.354 e. The van der Waals surface area contributed by atoms with Crippen LogP contribution in [0, 0.1) is 5.92 Å². The van der Waals surface area contributed by atoms with Gasteiger partial charge in [0.05, 0.1) is 6.04 Å². The Morgan fingerprint density at radius 3 is 2.50 bits per heavy atom. The number of thiophene rings is 1. The standard InChI is InChI=1S/C22H29N3O3S2/c1-24(2)20(21-9-6-15-29-21)17-23-22(26)19-10-13-25(14-11-19)30(27,28)16-12-18-7-4-3-5-8-18/h3-9,12,15-16,19-20H,10-11,13-14,17H2,1-2H3,(H,23,26)/b16-12+. The summed E-state index contributed by atoms with van der Waals surface area (Å²) in [5.41, 5.74) is 0.844. The fraction of sp³-hybridized carbons (Fsp3) is 0.409. The van der Waals surface area contributed by atoms with Crippen LogP contribution in [0.25, 0.3) is 6.08 Å². The lowest BCUT2D eigenvalue weighted by Gasteiger charge is -2.30. The summed E-state index contributed by atoms with van der Waals surface area (Å²) in [5, 5.41) is 6.36. The van der Waals surface area contributed by atoms with Crippen molar-refractivity contribution in [3.8, 4) is 0 Å². The van der Waals surface area contributed by atoms with Crippen LogP contribution in [0.4, 0.5) is 0 Å². The first-order valence-electron chi connectivity index (χ1n) is 10.1. The van der Waals surface area contributed by atoms with Crippen molar-refractivity contribution in [1.82, 2.24) is 14.5 Å². The predicted octanol–water partition coefficient (Wildman–Crippen LogP) is 3.18. The number of benzene rings is 1. The lowest BCUT2D eigenvalue weighted by molar-refractivity contribution is -0.126. The second kappa shape index (κ2) is 10.3. The molecule has 8 heteroatoms. The highest BCUT2D eigenvalue weighted by Crippen LogP contribution is 2.24. The summed E-state index contributed by atoms with van der Waals surface area (Å²) >= 11 is 1.68. The molecule has 0 radical (unpaired) electrons. The second-order valence-electron chi connectivity index (χ2n) is 7.67. The van der Waals surface area contributed by atoms with Gasteiger partial charge in [0.2, 0.25) is 15.9 Å². The molecule has 2 heterocycles. The van der Waals surface area contributed by atoms with Crippen LogP contribution in [0.2, 0.25) is 0 Å². The highest BCUT2D eigenvalue weighted by Gasteiger charge is 2.30. The van der Waals surface area contributed by atoms with E-state index in [1.807, 2.05) is 55.9 Å². The van der Waals surface area contributed by atoms with Crippen LogP contribution < -0.4 is 5.32 Å². The predicted molar refractivity (Wildman–Crippen MR) is 122 cm³/mol. The van der Waals surface area contributed by atoms with E-state index in [1.165, 1.54) is 14.6 Å². The van der Waals surface area contributed by atoms with Gasteiger partial charge in [-0.25, -0.2) is 8.42 Å². The Morgan fingerprint density at radius 1 is 1.20 bits per heavy atom. The summed E-state index contributed by atoms with van der Waals surface area (Å²) in [5.74, 6) is -0.143. The number of hydrogen-bond donors (Lipinski definition) is 1. The summed E-state index contributed by atoms with van der Waals surface area (Å²) in [4.78, 5) is 16.0. The Morgan fingerprint density at radius 2 is 1.90 bits per heavy atom. The minimum atomic E-state index is -3.48. The molecule has 1 aliphatic rings. The Bertz CT molecular complexity index is 933. The zero-order valence-electron chi connectivity index (χ0n) is 17.4. The zero-order chi connectivity index (χ0) is 21.6. The van der Waals surface area contributed by atoms with E-state index in [2.05, 4.69) is 16.3 Å². The van der Waals surface area contributed by atoms with Crippen LogP contribution in [0.3, 0.4) is 0 Å². The third-order valence-electron chi connectivity index (χ3n) is 5.38. The number of amides is 1. The van der Waals surface area contributed by atoms with Gasteiger partial charge in [0.15, 0.2) is 0 Å². The number of likely N-dealkylation sites (N-methyl/N-ethyl adjacent to an activating group) is 1. The number of hydrogen-bond acceptors (Lipinski definition) is 5. The fourth-order valence-corrected chi connectivity index (χ4v) is 5.69. The highest BCUT2D eigenvalue weighted by molar-refractivity contribution is 7.92. The van der Waals surface area contributed by atoms with E-state index in [-0.39, 0.29) is 17.9 Å². The van der Waals surface area contributed by atoms with E-state index in [0.29, 0.717) is 32.5 Å².